The second kappa shape index (κ2) is 5.25. The van der Waals surface area contributed by atoms with Crippen molar-refractivity contribution in [3.05, 3.63) is 35.5 Å². The highest BCUT2D eigenvalue weighted by Crippen LogP contribution is 2.22. The third-order valence-electron chi connectivity index (χ3n) is 3.35. The van der Waals surface area contributed by atoms with Crippen LogP contribution < -0.4 is 0 Å². The van der Waals surface area contributed by atoms with Gasteiger partial charge < -0.3 is 9.67 Å². The third kappa shape index (κ3) is 2.55. The number of aliphatic carboxylic acids is 1. The summed E-state index contributed by atoms with van der Waals surface area (Å²) in [5.74, 6) is -0.725. The smallest absolute Gasteiger partial charge is 0.303 e. The lowest BCUT2D eigenvalue weighted by atomic mass is 10.1. The SMILES string of the molecule is CCc1ccc2c(c1)cc(C)n2CCCC(=O)O. The number of benzene rings is 1. The molecule has 96 valence electrons. The first kappa shape index (κ1) is 12.7. The number of rotatable bonds is 5. The number of hydrogen-bond donors (Lipinski definition) is 1. The van der Waals surface area contributed by atoms with E-state index >= 15 is 0 Å². The summed E-state index contributed by atoms with van der Waals surface area (Å²) in [6.45, 7) is 5.00. The van der Waals surface area contributed by atoms with Crippen molar-refractivity contribution in [3.8, 4) is 0 Å². The van der Waals surface area contributed by atoms with Crippen LogP contribution in [0.25, 0.3) is 10.9 Å². The number of aromatic nitrogens is 1. The maximum absolute atomic E-state index is 10.6. The predicted molar refractivity (Wildman–Crippen MR) is 72.9 cm³/mol. The Kier molecular flexibility index (Phi) is 3.70. The molecule has 1 aromatic heterocycles. The van der Waals surface area contributed by atoms with E-state index in [2.05, 4.69) is 42.7 Å². The molecule has 3 nitrogen and oxygen atoms in total. The summed E-state index contributed by atoms with van der Waals surface area (Å²) in [5, 5.41) is 9.94. The summed E-state index contributed by atoms with van der Waals surface area (Å²) in [6.07, 6.45) is 1.95. The van der Waals surface area contributed by atoms with Crippen LogP contribution >= 0.6 is 0 Å². The van der Waals surface area contributed by atoms with Crippen molar-refractivity contribution in [3.63, 3.8) is 0 Å². The zero-order chi connectivity index (χ0) is 13.1. The first-order chi connectivity index (χ1) is 8.61. The van der Waals surface area contributed by atoms with Gasteiger partial charge in [-0.05, 0) is 43.5 Å². The normalized spacial score (nSPS) is 11.0. The number of carboxylic acid groups (broad SMARTS) is 1. The molecule has 0 saturated heterocycles. The van der Waals surface area contributed by atoms with Gasteiger partial charge in [0.2, 0.25) is 0 Å². The maximum Gasteiger partial charge on any atom is 0.303 e. The number of carbonyl (C=O) groups is 1. The van der Waals surface area contributed by atoms with E-state index in [9.17, 15) is 4.79 Å². The van der Waals surface area contributed by atoms with Crippen molar-refractivity contribution in [1.82, 2.24) is 4.57 Å². The molecule has 18 heavy (non-hydrogen) atoms. The average Bonchev–Trinajstić information content (AvgIpc) is 2.64. The average molecular weight is 245 g/mol. The molecule has 0 amide bonds. The number of hydrogen-bond acceptors (Lipinski definition) is 1. The highest BCUT2D eigenvalue weighted by atomic mass is 16.4. The van der Waals surface area contributed by atoms with Gasteiger partial charge in [-0.3, -0.25) is 4.79 Å². The van der Waals surface area contributed by atoms with Gasteiger partial charge in [-0.25, -0.2) is 0 Å². The highest BCUT2D eigenvalue weighted by molar-refractivity contribution is 5.82. The van der Waals surface area contributed by atoms with Gasteiger partial charge in [-0.1, -0.05) is 13.0 Å². The second-order valence-corrected chi connectivity index (χ2v) is 4.68. The Bertz CT molecular complexity index is 569. The number of carboxylic acids is 1. The fraction of sp³-hybridized carbons (Fsp3) is 0.400. The van der Waals surface area contributed by atoms with Crippen LogP contribution in [0.4, 0.5) is 0 Å². The predicted octanol–water partition coefficient (Wildman–Crippen LogP) is 3.38. The lowest BCUT2D eigenvalue weighted by Crippen LogP contribution is -2.03. The molecule has 0 fully saturated rings. The summed E-state index contributed by atoms with van der Waals surface area (Å²) < 4.78 is 2.21. The molecule has 1 heterocycles. The Morgan fingerprint density at radius 2 is 2.11 bits per heavy atom. The van der Waals surface area contributed by atoms with Gasteiger partial charge in [0.05, 0.1) is 0 Å². The van der Waals surface area contributed by atoms with E-state index in [-0.39, 0.29) is 6.42 Å². The standard InChI is InChI=1S/C15H19NO2/c1-3-12-6-7-14-13(10-12)9-11(2)16(14)8-4-5-15(17)18/h6-7,9-10H,3-5,8H2,1-2H3,(H,17,18). The Balaban J connectivity index is 2.27. The summed E-state index contributed by atoms with van der Waals surface area (Å²) in [4.78, 5) is 10.6. The molecule has 0 spiro atoms. The van der Waals surface area contributed by atoms with Crippen LogP contribution in [0.5, 0.6) is 0 Å². The molecular weight excluding hydrogens is 226 g/mol. The quantitative estimate of drug-likeness (QED) is 0.877. The molecule has 0 unspecified atom stereocenters. The minimum absolute atomic E-state index is 0.228. The van der Waals surface area contributed by atoms with E-state index in [1.807, 2.05) is 0 Å². The Hall–Kier alpha value is -1.77. The van der Waals surface area contributed by atoms with E-state index in [0.717, 1.165) is 13.0 Å². The molecule has 3 heteroatoms. The third-order valence-corrected chi connectivity index (χ3v) is 3.35. The lowest BCUT2D eigenvalue weighted by molar-refractivity contribution is -0.137. The number of aryl methyl sites for hydroxylation is 3. The van der Waals surface area contributed by atoms with Crippen LogP contribution in [0.2, 0.25) is 0 Å². The highest BCUT2D eigenvalue weighted by Gasteiger charge is 2.06. The van der Waals surface area contributed by atoms with Crippen molar-refractivity contribution >= 4 is 16.9 Å². The molecule has 2 aromatic rings. The summed E-state index contributed by atoms with van der Waals surface area (Å²) >= 11 is 0. The fourth-order valence-corrected chi connectivity index (χ4v) is 2.36. The molecule has 0 radical (unpaired) electrons. The summed E-state index contributed by atoms with van der Waals surface area (Å²) in [7, 11) is 0. The van der Waals surface area contributed by atoms with Crippen molar-refractivity contribution < 1.29 is 9.90 Å². The molecule has 0 bridgehead atoms. The molecule has 0 saturated carbocycles. The van der Waals surface area contributed by atoms with E-state index in [4.69, 9.17) is 5.11 Å². The molecular formula is C15H19NO2. The number of fused-ring (bicyclic) bond motifs is 1. The molecule has 0 aliphatic heterocycles. The summed E-state index contributed by atoms with van der Waals surface area (Å²) in [5.41, 5.74) is 3.74. The Morgan fingerprint density at radius 3 is 2.78 bits per heavy atom. The van der Waals surface area contributed by atoms with Crippen LogP contribution in [0, 0.1) is 6.92 Å². The van der Waals surface area contributed by atoms with Crippen LogP contribution in [-0.2, 0) is 17.8 Å². The van der Waals surface area contributed by atoms with E-state index in [1.165, 1.54) is 22.2 Å². The first-order valence-corrected chi connectivity index (χ1v) is 6.42. The van der Waals surface area contributed by atoms with Crippen LogP contribution in [0.3, 0.4) is 0 Å². The van der Waals surface area contributed by atoms with Gasteiger partial charge in [-0.15, -0.1) is 0 Å². The topological polar surface area (TPSA) is 42.2 Å². The Labute approximate surface area is 107 Å². The van der Waals surface area contributed by atoms with E-state index < -0.39 is 5.97 Å². The van der Waals surface area contributed by atoms with Crippen molar-refractivity contribution in [1.29, 1.82) is 0 Å². The van der Waals surface area contributed by atoms with Crippen molar-refractivity contribution in [2.75, 3.05) is 0 Å². The molecule has 1 N–H and O–H groups in total. The van der Waals surface area contributed by atoms with E-state index in [0.29, 0.717) is 6.42 Å². The molecule has 0 aliphatic rings. The van der Waals surface area contributed by atoms with E-state index in [1.54, 1.807) is 0 Å². The van der Waals surface area contributed by atoms with Gasteiger partial charge in [0.1, 0.15) is 0 Å². The zero-order valence-corrected chi connectivity index (χ0v) is 10.9. The zero-order valence-electron chi connectivity index (χ0n) is 10.9. The maximum atomic E-state index is 10.6. The molecule has 2 rings (SSSR count). The van der Waals surface area contributed by atoms with Crippen molar-refractivity contribution in [2.24, 2.45) is 0 Å². The fourth-order valence-electron chi connectivity index (χ4n) is 2.36. The molecule has 1 aromatic carbocycles. The molecule has 0 aliphatic carbocycles. The van der Waals surface area contributed by atoms with Gasteiger partial charge >= 0.3 is 5.97 Å². The van der Waals surface area contributed by atoms with Crippen molar-refractivity contribution in [2.45, 2.75) is 39.7 Å². The largest absolute Gasteiger partial charge is 0.481 e. The van der Waals surface area contributed by atoms with Crippen LogP contribution in [0.1, 0.15) is 31.0 Å². The minimum Gasteiger partial charge on any atom is -0.481 e. The van der Waals surface area contributed by atoms with Crippen LogP contribution in [-0.4, -0.2) is 15.6 Å². The van der Waals surface area contributed by atoms with Gasteiger partial charge in [0, 0.05) is 29.6 Å². The lowest BCUT2D eigenvalue weighted by Gasteiger charge is -2.07. The van der Waals surface area contributed by atoms with Crippen LogP contribution in [0.15, 0.2) is 24.3 Å². The van der Waals surface area contributed by atoms with Gasteiger partial charge in [0.15, 0.2) is 0 Å². The van der Waals surface area contributed by atoms with Gasteiger partial charge in [0.25, 0.3) is 0 Å². The Morgan fingerprint density at radius 1 is 1.33 bits per heavy atom. The monoisotopic (exact) mass is 245 g/mol. The first-order valence-electron chi connectivity index (χ1n) is 6.42. The number of nitrogens with zero attached hydrogens (tertiary/aromatic N) is 1. The van der Waals surface area contributed by atoms with Gasteiger partial charge in [-0.2, -0.15) is 0 Å². The summed E-state index contributed by atoms with van der Waals surface area (Å²) in [6, 6.07) is 8.68. The minimum atomic E-state index is -0.725. The second-order valence-electron chi connectivity index (χ2n) is 4.68. The molecule has 0 atom stereocenters.